The van der Waals surface area contributed by atoms with Gasteiger partial charge in [-0.3, -0.25) is 0 Å². The minimum atomic E-state index is -0.198. The molecular weight excluding hydrogens is 259 g/mol. The summed E-state index contributed by atoms with van der Waals surface area (Å²) in [5.41, 5.74) is 0.594. The fraction of sp³-hybridized carbons (Fsp3) is 0.455. The first kappa shape index (κ1) is 10.9. The van der Waals surface area contributed by atoms with Crippen LogP contribution in [-0.4, -0.2) is 19.1 Å². The molecule has 1 saturated heterocycles. The molecule has 0 spiro atoms. The second-order valence-corrected chi connectivity index (χ2v) is 4.62. The van der Waals surface area contributed by atoms with Crippen LogP contribution >= 0.6 is 15.9 Å². The Hall–Kier alpha value is -0.610. The Morgan fingerprint density at radius 3 is 2.80 bits per heavy atom. The maximum atomic E-state index is 13.6. The van der Waals surface area contributed by atoms with E-state index in [2.05, 4.69) is 26.6 Å². The Morgan fingerprint density at radius 2 is 2.07 bits per heavy atom. The molecule has 0 saturated carbocycles. The van der Waals surface area contributed by atoms with Crippen molar-refractivity contribution in [1.82, 2.24) is 5.32 Å². The van der Waals surface area contributed by atoms with Crippen LogP contribution in [0.1, 0.15) is 12.8 Å². The van der Waals surface area contributed by atoms with E-state index in [9.17, 15) is 4.39 Å². The van der Waals surface area contributed by atoms with Gasteiger partial charge < -0.3 is 10.6 Å². The zero-order chi connectivity index (χ0) is 10.7. The van der Waals surface area contributed by atoms with Gasteiger partial charge in [-0.1, -0.05) is 6.07 Å². The standard InChI is InChI=1S/C11H14BrFN2/c12-9-2-1-3-10(11(9)13)15-8-4-6-14-7-5-8/h1-3,8,14-15H,4-7H2. The highest BCUT2D eigenvalue weighted by atomic mass is 79.9. The molecule has 0 aromatic heterocycles. The van der Waals surface area contributed by atoms with Crippen molar-refractivity contribution >= 4 is 21.6 Å². The van der Waals surface area contributed by atoms with Crippen LogP contribution in [0.5, 0.6) is 0 Å². The van der Waals surface area contributed by atoms with Crippen LogP contribution in [0.25, 0.3) is 0 Å². The molecule has 0 radical (unpaired) electrons. The molecule has 0 amide bonds. The van der Waals surface area contributed by atoms with Gasteiger partial charge in [-0.2, -0.15) is 0 Å². The van der Waals surface area contributed by atoms with Crippen molar-refractivity contribution in [3.8, 4) is 0 Å². The van der Waals surface area contributed by atoms with Gasteiger partial charge in [-0.25, -0.2) is 4.39 Å². The first-order chi connectivity index (χ1) is 7.27. The van der Waals surface area contributed by atoms with E-state index in [4.69, 9.17) is 0 Å². The van der Waals surface area contributed by atoms with Crippen molar-refractivity contribution in [2.75, 3.05) is 18.4 Å². The van der Waals surface area contributed by atoms with Gasteiger partial charge in [0.15, 0.2) is 5.82 Å². The van der Waals surface area contributed by atoms with Crippen molar-refractivity contribution in [3.05, 3.63) is 28.5 Å². The lowest BCUT2D eigenvalue weighted by Gasteiger charge is -2.25. The molecule has 0 bridgehead atoms. The van der Waals surface area contributed by atoms with Crippen LogP contribution in [0.3, 0.4) is 0 Å². The topological polar surface area (TPSA) is 24.1 Å². The van der Waals surface area contributed by atoms with E-state index in [0.717, 1.165) is 25.9 Å². The monoisotopic (exact) mass is 272 g/mol. The van der Waals surface area contributed by atoms with Gasteiger partial charge in [-0.15, -0.1) is 0 Å². The summed E-state index contributed by atoms with van der Waals surface area (Å²) in [4.78, 5) is 0. The van der Waals surface area contributed by atoms with Crippen LogP contribution in [0, 0.1) is 5.82 Å². The minimum Gasteiger partial charge on any atom is -0.380 e. The molecule has 1 aromatic carbocycles. The zero-order valence-corrected chi connectivity index (χ0v) is 9.98. The fourth-order valence-electron chi connectivity index (χ4n) is 1.80. The lowest BCUT2D eigenvalue weighted by atomic mass is 10.1. The Morgan fingerprint density at radius 1 is 1.33 bits per heavy atom. The fourth-order valence-corrected chi connectivity index (χ4v) is 2.17. The Kier molecular flexibility index (Phi) is 3.59. The highest BCUT2D eigenvalue weighted by Crippen LogP contribution is 2.24. The van der Waals surface area contributed by atoms with Crippen molar-refractivity contribution in [3.63, 3.8) is 0 Å². The van der Waals surface area contributed by atoms with E-state index in [1.54, 1.807) is 12.1 Å². The summed E-state index contributed by atoms with van der Waals surface area (Å²) < 4.78 is 14.1. The SMILES string of the molecule is Fc1c(Br)cccc1NC1CCNCC1. The van der Waals surface area contributed by atoms with Gasteiger partial charge in [0.25, 0.3) is 0 Å². The van der Waals surface area contributed by atoms with Gasteiger partial charge in [0.05, 0.1) is 10.2 Å². The number of piperidine rings is 1. The van der Waals surface area contributed by atoms with E-state index in [0.29, 0.717) is 16.2 Å². The quantitative estimate of drug-likeness (QED) is 0.865. The number of anilines is 1. The van der Waals surface area contributed by atoms with E-state index in [1.807, 2.05) is 6.07 Å². The van der Waals surface area contributed by atoms with Gasteiger partial charge >= 0.3 is 0 Å². The zero-order valence-electron chi connectivity index (χ0n) is 8.39. The average Bonchev–Trinajstić information content (AvgIpc) is 2.26. The summed E-state index contributed by atoms with van der Waals surface area (Å²) in [5, 5.41) is 6.53. The predicted octanol–water partition coefficient (Wildman–Crippen LogP) is 2.75. The highest BCUT2D eigenvalue weighted by molar-refractivity contribution is 9.10. The average molecular weight is 273 g/mol. The van der Waals surface area contributed by atoms with Gasteiger partial charge in [0, 0.05) is 6.04 Å². The van der Waals surface area contributed by atoms with Crippen LogP contribution in [0.2, 0.25) is 0 Å². The van der Waals surface area contributed by atoms with E-state index >= 15 is 0 Å². The summed E-state index contributed by atoms with van der Waals surface area (Å²) in [6.07, 6.45) is 2.10. The molecule has 2 nitrogen and oxygen atoms in total. The smallest absolute Gasteiger partial charge is 0.160 e. The Labute approximate surface area is 97.4 Å². The maximum Gasteiger partial charge on any atom is 0.160 e. The molecule has 1 fully saturated rings. The summed E-state index contributed by atoms with van der Waals surface area (Å²) in [5.74, 6) is -0.198. The molecule has 1 aromatic rings. The van der Waals surface area contributed by atoms with Gasteiger partial charge in [0.1, 0.15) is 0 Å². The van der Waals surface area contributed by atoms with Crippen LogP contribution in [0.15, 0.2) is 22.7 Å². The molecular formula is C11H14BrFN2. The molecule has 2 rings (SSSR count). The van der Waals surface area contributed by atoms with Crippen molar-refractivity contribution in [1.29, 1.82) is 0 Å². The highest BCUT2D eigenvalue weighted by Gasteiger charge is 2.14. The predicted molar refractivity (Wildman–Crippen MR) is 63.6 cm³/mol. The third-order valence-corrected chi connectivity index (χ3v) is 3.26. The lowest BCUT2D eigenvalue weighted by molar-refractivity contribution is 0.476. The van der Waals surface area contributed by atoms with Crippen LogP contribution in [-0.2, 0) is 0 Å². The van der Waals surface area contributed by atoms with Crippen molar-refractivity contribution in [2.24, 2.45) is 0 Å². The third kappa shape index (κ3) is 2.69. The van der Waals surface area contributed by atoms with E-state index in [1.165, 1.54) is 0 Å². The molecule has 1 aliphatic rings. The number of halogens is 2. The molecule has 1 aliphatic heterocycles. The first-order valence-electron chi connectivity index (χ1n) is 5.18. The largest absolute Gasteiger partial charge is 0.380 e. The number of nitrogens with one attached hydrogen (secondary N) is 2. The second-order valence-electron chi connectivity index (χ2n) is 3.77. The summed E-state index contributed by atoms with van der Waals surface area (Å²) >= 11 is 3.18. The molecule has 0 unspecified atom stereocenters. The van der Waals surface area contributed by atoms with Gasteiger partial charge in [-0.05, 0) is 54.0 Å². The van der Waals surface area contributed by atoms with Crippen molar-refractivity contribution in [2.45, 2.75) is 18.9 Å². The summed E-state index contributed by atoms with van der Waals surface area (Å²) in [6, 6.07) is 5.72. The normalized spacial score (nSPS) is 17.7. The molecule has 4 heteroatoms. The number of benzene rings is 1. The summed E-state index contributed by atoms with van der Waals surface area (Å²) in [6.45, 7) is 2.01. The molecule has 1 heterocycles. The van der Waals surface area contributed by atoms with Gasteiger partial charge in [0.2, 0.25) is 0 Å². The molecule has 0 atom stereocenters. The van der Waals surface area contributed by atoms with Crippen LogP contribution in [0.4, 0.5) is 10.1 Å². The van der Waals surface area contributed by atoms with Crippen LogP contribution < -0.4 is 10.6 Å². The maximum absolute atomic E-state index is 13.6. The molecule has 0 aliphatic carbocycles. The molecule has 82 valence electrons. The van der Waals surface area contributed by atoms with E-state index in [-0.39, 0.29) is 5.82 Å². The second kappa shape index (κ2) is 4.94. The summed E-state index contributed by atoms with van der Waals surface area (Å²) in [7, 11) is 0. The van der Waals surface area contributed by atoms with E-state index < -0.39 is 0 Å². The Balaban J connectivity index is 2.06. The number of hydrogen-bond donors (Lipinski definition) is 2. The molecule has 2 N–H and O–H groups in total. The lowest BCUT2D eigenvalue weighted by Crippen LogP contribution is -2.35. The molecule has 15 heavy (non-hydrogen) atoms. The van der Waals surface area contributed by atoms with Crippen molar-refractivity contribution < 1.29 is 4.39 Å². The third-order valence-electron chi connectivity index (χ3n) is 2.65. The Bertz CT molecular complexity index is 337. The number of rotatable bonds is 2. The minimum absolute atomic E-state index is 0.198. The first-order valence-corrected chi connectivity index (χ1v) is 5.98. The number of hydrogen-bond acceptors (Lipinski definition) is 2.